The van der Waals surface area contributed by atoms with Crippen molar-refractivity contribution in [1.29, 1.82) is 0 Å². The van der Waals surface area contributed by atoms with Crippen LogP contribution in [0.1, 0.15) is 113 Å². The van der Waals surface area contributed by atoms with Gasteiger partial charge in [0.1, 0.15) is 0 Å². The van der Waals surface area contributed by atoms with Crippen molar-refractivity contribution >= 4 is 11.8 Å². The fourth-order valence-electron chi connectivity index (χ4n) is 4.15. The van der Waals surface area contributed by atoms with Crippen molar-refractivity contribution in [2.24, 2.45) is 11.8 Å². The SMILES string of the molecule is CCCCCCCCCCC(C)C(=O)OC(C(=O)c1c(C)cc(C)cc1C)C(C)C. The number of ketones is 1. The van der Waals surface area contributed by atoms with Crippen molar-refractivity contribution in [2.45, 2.75) is 112 Å². The molecule has 170 valence electrons. The first-order chi connectivity index (χ1) is 14.2. The van der Waals surface area contributed by atoms with E-state index in [1.165, 1.54) is 38.5 Å². The van der Waals surface area contributed by atoms with E-state index in [1.807, 2.05) is 53.7 Å². The molecule has 0 aromatic heterocycles. The van der Waals surface area contributed by atoms with Gasteiger partial charge in [-0.1, -0.05) is 96.8 Å². The van der Waals surface area contributed by atoms with Gasteiger partial charge in [-0.2, -0.15) is 0 Å². The van der Waals surface area contributed by atoms with Crippen LogP contribution in [0, 0.1) is 32.6 Å². The second-order valence-corrected chi connectivity index (χ2v) is 9.40. The number of unbranched alkanes of at least 4 members (excludes halogenated alkanes) is 7. The molecule has 0 aliphatic rings. The number of ether oxygens (including phenoxy) is 1. The lowest BCUT2D eigenvalue weighted by molar-refractivity contribution is -0.153. The molecule has 3 heteroatoms. The molecule has 0 aliphatic carbocycles. The highest BCUT2D eigenvalue weighted by Crippen LogP contribution is 2.23. The van der Waals surface area contributed by atoms with Gasteiger partial charge in [-0.3, -0.25) is 9.59 Å². The number of esters is 1. The van der Waals surface area contributed by atoms with Crippen LogP contribution in [0.4, 0.5) is 0 Å². The Balaban J connectivity index is 2.58. The number of carbonyl (C=O) groups is 2. The molecule has 0 amide bonds. The van der Waals surface area contributed by atoms with Crippen LogP contribution in [0.25, 0.3) is 0 Å². The first-order valence-corrected chi connectivity index (χ1v) is 12.0. The highest BCUT2D eigenvalue weighted by Gasteiger charge is 2.31. The van der Waals surface area contributed by atoms with E-state index in [9.17, 15) is 9.59 Å². The molecule has 1 rings (SSSR count). The first kappa shape index (κ1) is 26.4. The number of hydrogen-bond acceptors (Lipinski definition) is 3. The third-order valence-electron chi connectivity index (χ3n) is 5.92. The third kappa shape index (κ3) is 8.62. The molecule has 0 heterocycles. The van der Waals surface area contributed by atoms with E-state index in [0.29, 0.717) is 5.56 Å². The van der Waals surface area contributed by atoms with E-state index in [1.54, 1.807) is 0 Å². The van der Waals surface area contributed by atoms with Crippen LogP contribution < -0.4 is 0 Å². The highest BCUT2D eigenvalue weighted by molar-refractivity contribution is 6.03. The lowest BCUT2D eigenvalue weighted by atomic mass is 9.90. The molecule has 0 N–H and O–H groups in total. The smallest absolute Gasteiger partial charge is 0.309 e. The average molecular weight is 417 g/mol. The van der Waals surface area contributed by atoms with Gasteiger partial charge in [0, 0.05) is 5.56 Å². The molecule has 2 unspecified atom stereocenters. The maximum atomic E-state index is 13.2. The average Bonchev–Trinajstić information content (AvgIpc) is 2.66. The Morgan fingerprint density at radius 3 is 1.83 bits per heavy atom. The summed E-state index contributed by atoms with van der Waals surface area (Å²) in [5.41, 5.74) is 3.74. The zero-order valence-electron chi connectivity index (χ0n) is 20.5. The summed E-state index contributed by atoms with van der Waals surface area (Å²) in [5, 5.41) is 0. The summed E-state index contributed by atoms with van der Waals surface area (Å²) in [4.78, 5) is 25.9. The monoisotopic (exact) mass is 416 g/mol. The minimum absolute atomic E-state index is 0.0585. The Bertz CT molecular complexity index is 652. The van der Waals surface area contributed by atoms with Crippen LogP contribution in [0.2, 0.25) is 0 Å². The number of rotatable bonds is 14. The van der Waals surface area contributed by atoms with E-state index < -0.39 is 6.10 Å². The van der Waals surface area contributed by atoms with Gasteiger partial charge in [-0.15, -0.1) is 0 Å². The molecule has 2 atom stereocenters. The molecule has 0 saturated heterocycles. The molecule has 1 aromatic carbocycles. The third-order valence-corrected chi connectivity index (χ3v) is 5.92. The summed E-state index contributed by atoms with van der Waals surface area (Å²) in [6.45, 7) is 14.0. The summed E-state index contributed by atoms with van der Waals surface area (Å²) in [5.74, 6) is -0.545. The largest absolute Gasteiger partial charge is 0.453 e. The molecular formula is C27H44O3. The zero-order chi connectivity index (χ0) is 22.7. The van der Waals surface area contributed by atoms with Crippen molar-refractivity contribution < 1.29 is 14.3 Å². The van der Waals surface area contributed by atoms with Crippen molar-refractivity contribution in [3.05, 3.63) is 34.4 Å². The Hall–Kier alpha value is -1.64. The van der Waals surface area contributed by atoms with Crippen molar-refractivity contribution in [1.82, 2.24) is 0 Å². The van der Waals surface area contributed by atoms with Gasteiger partial charge in [0.25, 0.3) is 0 Å². The predicted molar refractivity (Wildman–Crippen MR) is 126 cm³/mol. The van der Waals surface area contributed by atoms with E-state index >= 15 is 0 Å². The molecule has 0 radical (unpaired) electrons. The second-order valence-electron chi connectivity index (χ2n) is 9.40. The van der Waals surface area contributed by atoms with Crippen LogP contribution in [-0.2, 0) is 9.53 Å². The van der Waals surface area contributed by atoms with Gasteiger partial charge >= 0.3 is 5.97 Å². The zero-order valence-corrected chi connectivity index (χ0v) is 20.5. The van der Waals surface area contributed by atoms with Crippen LogP contribution in [0.5, 0.6) is 0 Å². The molecule has 0 bridgehead atoms. The standard InChI is InChI=1S/C27H44O3/c1-8-9-10-11-12-13-14-15-16-21(5)27(29)30-26(19(2)3)25(28)24-22(6)17-20(4)18-23(24)7/h17-19,21,26H,8-16H2,1-7H3. The van der Waals surface area contributed by atoms with Gasteiger partial charge in [0.2, 0.25) is 5.78 Å². The van der Waals surface area contributed by atoms with Crippen molar-refractivity contribution in [3.8, 4) is 0 Å². The maximum Gasteiger partial charge on any atom is 0.309 e. The van der Waals surface area contributed by atoms with Crippen LogP contribution in [-0.4, -0.2) is 17.9 Å². The fraction of sp³-hybridized carbons (Fsp3) is 0.704. The van der Waals surface area contributed by atoms with Crippen LogP contribution in [0.15, 0.2) is 12.1 Å². The van der Waals surface area contributed by atoms with E-state index in [2.05, 4.69) is 6.92 Å². The molecular weight excluding hydrogens is 372 g/mol. The highest BCUT2D eigenvalue weighted by atomic mass is 16.5. The van der Waals surface area contributed by atoms with Gasteiger partial charge in [0.15, 0.2) is 6.10 Å². The predicted octanol–water partition coefficient (Wildman–Crippen LogP) is 7.53. The minimum atomic E-state index is -0.723. The van der Waals surface area contributed by atoms with E-state index in [-0.39, 0.29) is 23.6 Å². The van der Waals surface area contributed by atoms with Crippen molar-refractivity contribution in [3.63, 3.8) is 0 Å². The number of aryl methyl sites for hydroxylation is 3. The number of Topliss-reactive ketones (excluding diaryl/α,β-unsaturated/α-hetero) is 1. The van der Waals surface area contributed by atoms with Gasteiger partial charge in [-0.25, -0.2) is 0 Å². The Morgan fingerprint density at radius 1 is 0.833 bits per heavy atom. The quantitative estimate of drug-likeness (QED) is 0.179. The van der Waals surface area contributed by atoms with Gasteiger partial charge in [0.05, 0.1) is 5.92 Å². The normalized spacial score (nSPS) is 13.3. The molecule has 1 aromatic rings. The molecule has 0 aliphatic heterocycles. The van der Waals surface area contributed by atoms with Gasteiger partial charge in [-0.05, 0) is 44.2 Å². The number of carbonyl (C=O) groups excluding carboxylic acids is 2. The maximum absolute atomic E-state index is 13.2. The summed E-state index contributed by atoms with van der Waals surface area (Å²) < 4.78 is 5.76. The lowest BCUT2D eigenvalue weighted by Crippen LogP contribution is -2.35. The summed E-state index contributed by atoms with van der Waals surface area (Å²) in [6, 6.07) is 4.04. The topological polar surface area (TPSA) is 43.4 Å². The number of hydrogen-bond donors (Lipinski definition) is 0. The van der Waals surface area contributed by atoms with E-state index in [4.69, 9.17) is 4.74 Å². The summed E-state index contributed by atoms with van der Waals surface area (Å²) in [6.07, 6.45) is 10.1. The van der Waals surface area contributed by atoms with Crippen molar-refractivity contribution in [2.75, 3.05) is 0 Å². The second kappa shape index (κ2) is 13.6. The molecule has 0 fully saturated rings. The number of benzene rings is 1. The van der Waals surface area contributed by atoms with Crippen LogP contribution >= 0.6 is 0 Å². The fourth-order valence-corrected chi connectivity index (χ4v) is 4.15. The molecule has 0 saturated carbocycles. The molecule has 30 heavy (non-hydrogen) atoms. The lowest BCUT2D eigenvalue weighted by Gasteiger charge is -2.24. The molecule has 3 nitrogen and oxygen atoms in total. The Labute approximate surface area is 185 Å². The Kier molecular flexibility index (Phi) is 12.0. The summed E-state index contributed by atoms with van der Waals surface area (Å²) >= 11 is 0. The first-order valence-electron chi connectivity index (χ1n) is 12.0. The Morgan fingerprint density at radius 2 is 1.33 bits per heavy atom. The van der Waals surface area contributed by atoms with E-state index in [0.717, 1.165) is 36.0 Å². The minimum Gasteiger partial charge on any atom is -0.453 e. The van der Waals surface area contributed by atoms with Crippen LogP contribution in [0.3, 0.4) is 0 Å². The molecule has 0 spiro atoms. The summed E-state index contributed by atoms with van der Waals surface area (Å²) in [7, 11) is 0. The van der Waals surface area contributed by atoms with Gasteiger partial charge < -0.3 is 4.74 Å².